The molecule has 2 atom stereocenters. The lowest BCUT2D eigenvalue weighted by molar-refractivity contribution is 0.0145. The lowest BCUT2D eigenvalue weighted by atomic mass is 10.0. The maximum atomic E-state index is 6.11. The fourth-order valence-corrected chi connectivity index (χ4v) is 3.15. The number of benzene rings is 2. The summed E-state index contributed by atoms with van der Waals surface area (Å²) in [5.41, 5.74) is 2.50. The number of hydrogen-bond donors (Lipinski definition) is 0. The second-order valence-electron chi connectivity index (χ2n) is 5.55. The van der Waals surface area contributed by atoms with Crippen LogP contribution in [-0.2, 0) is 11.2 Å². The first-order valence-electron chi connectivity index (χ1n) is 7.41. The zero-order valence-electron chi connectivity index (χ0n) is 12.2. The molecule has 2 nitrogen and oxygen atoms in total. The first kappa shape index (κ1) is 14.6. The molecule has 1 saturated heterocycles. The van der Waals surface area contributed by atoms with E-state index in [9.17, 15) is 0 Å². The summed E-state index contributed by atoms with van der Waals surface area (Å²) in [6, 6.07) is 19.0. The summed E-state index contributed by atoms with van der Waals surface area (Å²) in [5, 5.41) is 0.763. The Hall–Kier alpha value is -1.35. The van der Waals surface area contributed by atoms with Gasteiger partial charge in [-0.25, -0.2) is 0 Å². The van der Waals surface area contributed by atoms with Crippen molar-refractivity contribution in [3.63, 3.8) is 0 Å². The van der Waals surface area contributed by atoms with E-state index >= 15 is 0 Å². The zero-order valence-corrected chi connectivity index (χ0v) is 13.0. The predicted octanol–water partition coefficient (Wildman–Crippen LogP) is 4.30. The monoisotopic (exact) mass is 301 g/mol. The normalized spacial score (nSPS) is 20.6. The third-order valence-electron chi connectivity index (χ3n) is 4.00. The van der Waals surface area contributed by atoms with Gasteiger partial charge in [-0.2, -0.15) is 0 Å². The van der Waals surface area contributed by atoms with Gasteiger partial charge >= 0.3 is 0 Å². The molecule has 3 heteroatoms. The van der Waals surface area contributed by atoms with E-state index in [1.165, 1.54) is 5.56 Å². The summed E-state index contributed by atoms with van der Waals surface area (Å²) in [7, 11) is 0. The summed E-state index contributed by atoms with van der Waals surface area (Å²) in [6.45, 7) is 4.00. The summed E-state index contributed by atoms with van der Waals surface area (Å²) in [4.78, 5) is 2.42. The minimum absolute atomic E-state index is 0.0161. The number of rotatable bonds is 4. The van der Waals surface area contributed by atoms with Gasteiger partial charge in [0.2, 0.25) is 0 Å². The number of hydrogen-bond acceptors (Lipinski definition) is 2. The highest BCUT2D eigenvalue weighted by Crippen LogP contribution is 2.31. The van der Waals surface area contributed by atoms with Crippen LogP contribution in [-0.4, -0.2) is 24.1 Å². The molecule has 0 spiro atoms. The van der Waals surface area contributed by atoms with Crippen molar-refractivity contribution in [1.82, 2.24) is 4.90 Å². The molecule has 2 aromatic rings. The Kier molecular flexibility index (Phi) is 4.59. The molecule has 1 fully saturated rings. The average Bonchev–Trinajstić information content (AvgIpc) is 2.98. The summed E-state index contributed by atoms with van der Waals surface area (Å²) >= 11 is 6.11. The molecule has 21 heavy (non-hydrogen) atoms. The van der Waals surface area contributed by atoms with Crippen LogP contribution in [0, 0.1) is 0 Å². The Bertz CT molecular complexity index is 587. The van der Waals surface area contributed by atoms with Crippen LogP contribution in [0.1, 0.15) is 24.3 Å². The molecule has 1 heterocycles. The first-order chi connectivity index (χ1) is 10.2. The van der Waals surface area contributed by atoms with Gasteiger partial charge in [-0.3, -0.25) is 4.90 Å². The molecular formula is C18H20ClNO. The minimum atomic E-state index is 0.0161. The van der Waals surface area contributed by atoms with Gasteiger partial charge in [-0.05, 0) is 36.6 Å². The van der Waals surface area contributed by atoms with Crippen LogP contribution in [0.15, 0.2) is 54.6 Å². The standard InChI is InChI=1S/C18H20ClNO/c1-14(12-15-6-3-2-4-7-15)20-10-11-21-18(20)16-8-5-9-17(19)13-16/h2-9,13-14,18H,10-12H2,1H3. The molecule has 1 aliphatic rings. The molecule has 1 aliphatic heterocycles. The predicted molar refractivity (Wildman–Crippen MR) is 86.5 cm³/mol. The highest BCUT2D eigenvalue weighted by Gasteiger charge is 2.30. The first-order valence-corrected chi connectivity index (χ1v) is 7.78. The van der Waals surface area contributed by atoms with Crippen LogP contribution >= 0.6 is 11.6 Å². The highest BCUT2D eigenvalue weighted by molar-refractivity contribution is 6.30. The highest BCUT2D eigenvalue weighted by atomic mass is 35.5. The second-order valence-corrected chi connectivity index (χ2v) is 5.99. The molecule has 0 radical (unpaired) electrons. The Balaban J connectivity index is 1.74. The van der Waals surface area contributed by atoms with E-state index in [1.54, 1.807) is 0 Å². The summed E-state index contributed by atoms with van der Waals surface area (Å²) in [6.07, 6.45) is 1.05. The smallest absolute Gasteiger partial charge is 0.137 e. The fraction of sp³-hybridized carbons (Fsp3) is 0.333. The molecule has 2 unspecified atom stereocenters. The molecule has 0 saturated carbocycles. The maximum absolute atomic E-state index is 6.11. The molecule has 0 aliphatic carbocycles. The van der Waals surface area contributed by atoms with E-state index in [0.717, 1.165) is 30.2 Å². The van der Waals surface area contributed by atoms with Crippen LogP contribution in [0.4, 0.5) is 0 Å². The van der Waals surface area contributed by atoms with Crippen LogP contribution in [0.5, 0.6) is 0 Å². The number of halogens is 1. The SMILES string of the molecule is CC(Cc1ccccc1)N1CCOC1c1cccc(Cl)c1. The molecule has 0 aromatic heterocycles. The van der Waals surface area contributed by atoms with E-state index in [4.69, 9.17) is 16.3 Å². The second kappa shape index (κ2) is 6.61. The van der Waals surface area contributed by atoms with E-state index in [2.05, 4.69) is 48.2 Å². The van der Waals surface area contributed by atoms with Gasteiger partial charge in [0, 0.05) is 17.6 Å². The molecule has 0 amide bonds. The van der Waals surface area contributed by atoms with Crippen molar-refractivity contribution in [3.8, 4) is 0 Å². The summed E-state index contributed by atoms with van der Waals surface area (Å²) in [5.74, 6) is 0. The van der Waals surface area contributed by atoms with Gasteiger partial charge in [0.1, 0.15) is 6.23 Å². The van der Waals surface area contributed by atoms with Crippen molar-refractivity contribution in [3.05, 3.63) is 70.7 Å². The third-order valence-corrected chi connectivity index (χ3v) is 4.24. The molecule has 0 bridgehead atoms. The summed E-state index contributed by atoms with van der Waals surface area (Å²) < 4.78 is 5.93. The Morgan fingerprint density at radius 2 is 2.00 bits per heavy atom. The van der Waals surface area contributed by atoms with Crippen molar-refractivity contribution in [2.75, 3.05) is 13.2 Å². The Labute approximate surface area is 131 Å². The van der Waals surface area contributed by atoms with Crippen LogP contribution in [0.25, 0.3) is 0 Å². The van der Waals surface area contributed by atoms with E-state index in [1.807, 2.05) is 18.2 Å². The average molecular weight is 302 g/mol. The lowest BCUT2D eigenvalue weighted by Gasteiger charge is -2.29. The van der Waals surface area contributed by atoms with Gasteiger partial charge in [0.15, 0.2) is 0 Å². The molecule has 3 rings (SSSR count). The van der Waals surface area contributed by atoms with Crippen molar-refractivity contribution in [2.45, 2.75) is 25.6 Å². The zero-order chi connectivity index (χ0) is 14.7. The number of ether oxygens (including phenoxy) is 1. The van der Waals surface area contributed by atoms with Crippen LogP contribution in [0.3, 0.4) is 0 Å². The molecule has 110 valence electrons. The largest absolute Gasteiger partial charge is 0.358 e. The number of nitrogens with zero attached hydrogens (tertiary/aromatic N) is 1. The van der Waals surface area contributed by atoms with Gasteiger partial charge in [-0.15, -0.1) is 0 Å². The maximum Gasteiger partial charge on any atom is 0.137 e. The molecular weight excluding hydrogens is 282 g/mol. The van der Waals surface area contributed by atoms with Crippen molar-refractivity contribution in [1.29, 1.82) is 0 Å². The van der Waals surface area contributed by atoms with Crippen LogP contribution in [0.2, 0.25) is 5.02 Å². The lowest BCUT2D eigenvalue weighted by Crippen LogP contribution is -2.34. The van der Waals surface area contributed by atoms with E-state index in [-0.39, 0.29) is 6.23 Å². The molecule has 2 aromatic carbocycles. The van der Waals surface area contributed by atoms with Gasteiger partial charge in [-0.1, -0.05) is 54.1 Å². The third kappa shape index (κ3) is 3.46. The van der Waals surface area contributed by atoms with Crippen molar-refractivity contribution >= 4 is 11.6 Å². The van der Waals surface area contributed by atoms with E-state index < -0.39 is 0 Å². The molecule has 0 N–H and O–H groups in total. The Morgan fingerprint density at radius 3 is 2.76 bits per heavy atom. The Morgan fingerprint density at radius 1 is 1.19 bits per heavy atom. The van der Waals surface area contributed by atoms with Gasteiger partial charge < -0.3 is 4.74 Å². The van der Waals surface area contributed by atoms with Crippen LogP contribution < -0.4 is 0 Å². The van der Waals surface area contributed by atoms with Crippen molar-refractivity contribution in [2.24, 2.45) is 0 Å². The van der Waals surface area contributed by atoms with Gasteiger partial charge in [0.05, 0.1) is 6.61 Å². The van der Waals surface area contributed by atoms with Gasteiger partial charge in [0.25, 0.3) is 0 Å². The minimum Gasteiger partial charge on any atom is -0.358 e. The topological polar surface area (TPSA) is 12.5 Å². The van der Waals surface area contributed by atoms with Crippen molar-refractivity contribution < 1.29 is 4.74 Å². The fourth-order valence-electron chi connectivity index (χ4n) is 2.95. The van der Waals surface area contributed by atoms with E-state index in [0.29, 0.717) is 6.04 Å². The quantitative estimate of drug-likeness (QED) is 0.835.